The Kier molecular flexibility index (Phi) is 3.27. The van der Waals surface area contributed by atoms with E-state index in [1.807, 2.05) is 0 Å². The van der Waals surface area contributed by atoms with Crippen LogP contribution in [-0.4, -0.2) is 23.1 Å². The van der Waals surface area contributed by atoms with Gasteiger partial charge in [0.05, 0.1) is 24.9 Å². The normalized spacial score (nSPS) is 11.6. The van der Waals surface area contributed by atoms with Crippen LogP contribution in [0.1, 0.15) is 5.69 Å². The van der Waals surface area contributed by atoms with Crippen LogP contribution in [0, 0.1) is 0 Å². The van der Waals surface area contributed by atoms with Crippen molar-refractivity contribution >= 4 is 0 Å². The highest BCUT2D eigenvalue weighted by Gasteiger charge is 2.28. The molecule has 0 atom stereocenters. The second-order valence-electron chi connectivity index (χ2n) is 3.74. The van der Waals surface area contributed by atoms with E-state index < -0.39 is 12.6 Å². The average Bonchev–Trinajstić information content (AvgIpc) is 2.75. The minimum absolute atomic E-state index is 0.00156. The van der Waals surface area contributed by atoms with Gasteiger partial charge in [0.2, 0.25) is 0 Å². The summed E-state index contributed by atoms with van der Waals surface area (Å²) in [6, 6.07) is 8.25. The summed E-state index contributed by atoms with van der Waals surface area (Å²) in [6.45, 7) is 0. The number of benzene rings is 1. The molecule has 0 N–H and O–H groups in total. The highest BCUT2D eigenvalue weighted by atomic mass is 19.4. The van der Waals surface area contributed by atoms with Gasteiger partial charge in [-0.25, -0.2) is 4.68 Å². The van der Waals surface area contributed by atoms with Gasteiger partial charge in [-0.1, -0.05) is 0 Å². The number of halogens is 3. The Morgan fingerprint density at radius 1 is 1.17 bits per heavy atom. The van der Waals surface area contributed by atoms with E-state index in [0.29, 0.717) is 11.4 Å². The van der Waals surface area contributed by atoms with Crippen LogP contribution in [0.15, 0.2) is 36.5 Å². The molecule has 96 valence electrons. The Bertz CT molecular complexity index is 517. The van der Waals surface area contributed by atoms with Crippen molar-refractivity contribution in [3.8, 4) is 11.4 Å². The molecule has 0 aliphatic rings. The predicted octanol–water partition coefficient (Wildman–Crippen LogP) is 2.99. The Balaban J connectivity index is 2.18. The van der Waals surface area contributed by atoms with Crippen molar-refractivity contribution in [2.24, 2.45) is 0 Å². The van der Waals surface area contributed by atoms with Gasteiger partial charge in [0.25, 0.3) is 0 Å². The van der Waals surface area contributed by atoms with Crippen molar-refractivity contribution in [2.45, 2.75) is 12.6 Å². The molecular weight excluding hydrogens is 245 g/mol. The third kappa shape index (κ3) is 3.03. The molecule has 0 spiro atoms. The third-order valence-corrected chi connectivity index (χ3v) is 2.36. The quantitative estimate of drug-likeness (QED) is 0.844. The second kappa shape index (κ2) is 4.72. The molecule has 0 unspecified atom stereocenters. The lowest BCUT2D eigenvalue weighted by molar-refractivity contribution is -0.127. The fourth-order valence-electron chi connectivity index (χ4n) is 1.54. The topological polar surface area (TPSA) is 27.1 Å². The van der Waals surface area contributed by atoms with Gasteiger partial charge < -0.3 is 4.74 Å². The zero-order valence-corrected chi connectivity index (χ0v) is 9.61. The molecular formula is C12H11F3N2O. The van der Waals surface area contributed by atoms with Crippen LogP contribution in [0.25, 0.3) is 5.69 Å². The lowest BCUT2D eigenvalue weighted by atomic mass is 10.3. The predicted molar refractivity (Wildman–Crippen MR) is 59.9 cm³/mol. The molecule has 0 bridgehead atoms. The second-order valence-corrected chi connectivity index (χ2v) is 3.74. The van der Waals surface area contributed by atoms with Crippen LogP contribution in [0.2, 0.25) is 0 Å². The molecule has 0 radical (unpaired) electrons. The van der Waals surface area contributed by atoms with Gasteiger partial charge >= 0.3 is 6.18 Å². The summed E-state index contributed by atoms with van der Waals surface area (Å²) in [5.41, 5.74) is 0.683. The van der Waals surface area contributed by atoms with E-state index in [4.69, 9.17) is 4.74 Å². The summed E-state index contributed by atoms with van der Waals surface area (Å²) in [5.74, 6) is 0.682. The van der Waals surface area contributed by atoms with Gasteiger partial charge in [0.1, 0.15) is 5.75 Å². The van der Waals surface area contributed by atoms with Crippen LogP contribution in [0.5, 0.6) is 5.75 Å². The van der Waals surface area contributed by atoms with E-state index >= 15 is 0 Å². The smallest absolute Gasteiger partial charge is 0.394 e. The summed E-state index contributed by atoms with van der Waals surface area (Å²) < 4.78 is 43.0. The van der Waals surface area contributed by atoms with Gasteiger partial charge in [0.15, 0.2) is 0 Å². The maximum Gasteiger partial charge on any atom is 0.394 e. The molecule has 0 amide bonds. The molecule has 0 saturated heterocycles. The Labute approximate surface area is 102 Å². The van der Waals surface area contributed by atoms with Crippen molar-refractivity contribution in [3.05, 3.63) is 42.2 Å². The van der Waals surface area contributed by atoms with Crippen molar-refractivity contribution < 1.29 is 17.9 Å². The van der Waals surface area contributed by atoms with Crippen LogP contribution >= 0.6 is 0 Å². The first-order valence-corrected chi connectivity index (χ1v) is 5.24. The molecule has 0 saturated carbocycles. The fraction of sp³-hybridized carbons (Fsp3) is 0.250. The molecule has 18 heavy (non-hydrogen) atoms. The van der Waals surface area contributed by atoms with Crippen LogP contribution < -0.4 is 4.74 Å². The minimum atomic E-state index is -4.24. The van der Waals surface area contributed by atoms with E-state index in [0.717, 1.165) is 0 Å². The molecule has 1 heterocycles. The monoisotopic (exact) mass is 256 g/mol. The molecule has 3 nitrogen and oxygen atoms in total. The zero-order chi connectivity index (χ0) is 13.2. The van der Waals surface area contributed by atoms with E-state index in [2.05, 4.69) is 5.10 Å². The lowest BCUT2D eigenvalue weighted by Gasteiger charge is -2.04. The Morgan fingerprint density at radius 2 is 1.83 bits per heavy atom. The average molecular weight is 256 g/mol. The van der Waals surface area contributed by atoms with Crippen LogP contribution in [0.3, 0.4) is 0 Å². The number of aromatic nitrogens is 2. The number of hydrogen-bond donors (Lipinski definition) is 0. The summed E-state index contributed by atoms with van der Waals surface area (Å²) in [6.07, 6.45) is -3.75. The number of methoxy groups -OCH3 is 1. The maximum atomic E-state index is 12.2. The van der Waals surface area contributed by atoms with Gasteiger partial charge in [-0.2, -0.15) is 18.3 Å². The number of ether oxygens (including phenoxy) is 1. The Morgan fingerprint density at radius 3 is 2.39 bits per heavy atom. The zero-order valence-electron chi connectivity index (χ0n) is 9.61. The molecule has 2 rings (SSSR count). The molecule has 0 aliphatic heterocycles. The number of alkyl halides is 3. The lowest BCUT2D eigenvalue weighted by Crippen LogP contribution is -2.12. The minimum Gasteiger partial charge on any atom is -0.497 e. The van der Waals surface area contributed by atoms with E-state index in [1.54, 1.807) is 31.4 Å². The van der Waals surface area contributed by atoms with Crippen molar-refractivity contribution in [1.29, 1.82) is 0 Å². The highest BCUT2D eigenvalue weighted by Crippen LogP contribution is 2.21. The fourth-order valence-corrected chi connectivity index (χ4v) is 1.54. The number of rotatable bonds is 3. The number of nitrogens with zero attached hydrogens (tertiary/aromatic N) is 2. The van der Waals surface area contributed by atoms with Gasteiger partial charge in [-0.3, -0.25) is 0 Å². The van der Waals surface area contributed by atoms with E-state index in [9.17, 15) is 13.2 Å². The molecule has 2 aromatic rings. The molecule has 0 aliphatic carbocycles. The van der Waals surface area contributed by atoms with Gasteiger partial charge in [-0.05, 0) is 30.3 Å². The van der Waals surface area contributed by atoms with Gasteiger partial charge in [0, 0.05) is 6.20 Å². The molecule has 1 aromatic heterocycles. The summed E-state index contributed by atoms with van der Waals surface area (Å²) >= 11 is 0. The standard InChI is InChI=1S/C12H11F3N2O/c1-18-11-4-2-10(3-5-11)17-7-6-9(16-17)8-12(13,14)15/h2-7H,8H2,1H3. The first-order chi connectivity index (χ1) is 8.48. The SMILES string of the molecule is COc1ccc(-n2ccc(CC(F)(F)F)n2)cc1. The van der Waals surface area contributed by atoms with E-state index in [1.165, 1.54) is 16.9 Å². The van der Waals surface area contributed by atoms with Crippen molar-refractivity contribution in [3.63, 3.8) is 0 Å². The van der Waals surface area contributed by atoms with Crippen molar-refractivity contribution in [2.75, 3.05) is 7.11 Å². The largest absolute Gasteiger partial charge is 0.497 e. The summed E-state index contributed by atoms with van der Waals surface area (Å²) in [7, 11) is 1.55. The van der Waals surface area contributed by atoms with E-state index in [-0.39, 0.29) is 5.69 Å². The van der Waals surface area contributed by atoms with Crippen LogP contribution in [0.4, 0.5) is 13.2 Å². The summed E-state index contributed by atoms with van der Waals surface area (Å²) in [5, 5.41) is 3.88. The first kappa shape index (κ1) is 12.5. The van der Waals surface area contributed by atoms with Gasteiger partial charge in [-0.15, -0.1) is 0 Å². The Hall–Kier alpha value is -1.98. The maximum absolute atomic E-state index is 12.2. The van der Waals surface area contributed by atoms with Crippen LogP contribution in [-0.2, 0) is 6.42 Å². The first-order valence-electron chi connectivity index (χ1n) is 5.24. The third-order valence-electron chi connectivity index (χ3n) is 2.36. The highest BCUT2D eigenvalue weighted by molar-refractivity contribution is 5.36. The number of hydrogen-bond acceptors (Lipinski definition) is 2. The molecule has 0 fully saturated rings. The van der Waals surface area contributed by atoms with Crippen molar-refractivity contribution in [1.82, 2.24) is 9.78 Å². The molecule has 1 aromatic carbocycles. The summed E-state index contributed by atoms with van der Waals surface area (Å²) in [4.78, 5) is 0. The molecule has 6 heteroatoms.